The van der Waals surface area contributed by atoms with E-state index in [1.54, 1.807) is 0 Å². The van der Waals surface area contributed by atoms with Gasteiger partial charge in [0.25, 0.3) is 0 Å². The number of rotatable bonds is 4. The van der Waals surface area contributed by atoms with Gasteiger partial charge in [0.1, 0.15) is 5.82 Å². The number of aromatic nitrogens is 2. The SMILES string of the molecule is CC(C)(C)c1ccnc(-n2c3[c-]c(Oc4[c-]c(N5CN(C(C)(C)C)c6ccccc65)ccc4C(C)(C)C)ccc3c3ccccc32)c1.[Pt+2]. The maximum Gasteiger partial charge on any atom is 2.00 e. The molecule has 0 bridgehead atoms. The summed E-state index contributed by atoms with van der Waals surface area (Å²) in [5.74, 6) is 2.23. The summed E-state index contributed by atoms with van der Waals surface area (Å²) in [6.45, 7) is 20.9. The van der Waals surface area contributed by atoms with E-state index in [1.165, 1.54) is 16.9 Å². The van der Waals surface area contributed by atoms with Crippen LogP contribution in [0.25, 0.3) is 27.6 Å². The standard InChI is InChI=1S/C42H44N4O.Pt/c1-40(2,3)28-22-23-43-39(24-28)46-34-15-11-10-14-31(34)32-20-19-30(26-37(32)46)47-38-25-29(18-21-33(38)41(4,5)6)44-27-45(42(7,8)9)36-17-13-12-16-35(36)44;/h10-24H,27H2,1-9H3;/q-2;+2. The van der Waals surface area contributed by atoms with Crippen molar-refractivity contribution in [3.8, 4) is 17.3 Å². The zero-order chi connectivity index (χ0) is 33.3. The van der Waals surface area contributed by atoms with Crippen molar-refractivity contribution in [1.29, 1.82) is 0 Å². The quantitative estimate of drug-likeness (QED) is 0.166. The average molecular weight is 816 g/mol. The molecule has 0 saturated heterocycles. The van der Waals surface area contributed by atoms with E-state index < -0.39 is 0 Å². The zero-order valence-corrected chi connectivity index (χ0v) is 31.7. The summed E-state index contributed by atoms with van der Waals surface area (Å²) in [7, 11) is 0. The molecule has 0 aliphatic carbocycles. The Kier molecular flexibility index (Phi) is 8.53. The van der Waals surface area contributed by atoms with E-state index in [-0.39, 0.29) is 37.4 Å². The Morgan fingerprint density at radius 2 is 1.42 bits per heavy atom. The van der Waals surface area contributed by atoms with E-state index in [2.05, 4.69) is 168 Å². The van der Waals surface area contributed by atoms with Crippen LogP contribution in [0.5, 0.6) is 11.5 Å². The van der Waals surface area contributed by atoms with E-state index in [0.717, 1.165) is 45.5 Å². The second-order valence-corrected chi connectivity index (χ2v) is 15.7. The number of fused-ring (bicyclic) bond motifs is 4. The fraction of sp³-hybridized carbons (Fsp3) is 0.310. The summed E-state index contributed by atoms with van der Waals surface area (Å²) in [4.78, 5) is 9.61. The Labute approximate surface area is 299 Å². The minimum Gasteiger partial charge on any atom is -0.509 e. The van der Waals surface area contributed by atoms with Crippen LogP contribution >= 0.6 is 0 Å². The van der Waals surface area contributed by atoms with Crippen LogP contribution in [0, 0.1) is 12.1 Å². The third-order valence-corrected chi connectivity index (χ3v) is 9.16. The van der Waals surface area contributed by atoms with Crippen LogP contribution in [0.1, 0.15) is 73.4 Å². The first-order valence-electron chi connectivity index (χ1n) is 16.5. The Morgan fingerprint density at radius 1 is 0.708 bits per heavy atom. The predicted octanol–water partition coefficient (Wildman–Crippen LogP) is 10.9. The number of benzene rings is 4. The molecule has 0 radical (unpaired) electrons. The summed E-state index contributed by atoms with van der Waals surface area (Å²) in [5, 5.41) is 2.27. The van der Waals surface area contributed by atoms with Crippen molar-refractivity contribution in [2.75, 3.05) is 16.5 Å². The van der Waals surface area contributed by atoms with Gasteiger partial charge in [0.05, 0.1) is 18.0 Å². The van der Waals surface area contributed by atoms with Gasteiger partial charge < -0.3 is 19.1 Å². The molecule has 0 fully saturated rings. The van der Waals surface area contributed by atoms with Crippen molar-refractivity contribution in [3.63, 3.8) is 0 Å². The monoisotopic (exact) mass is 815 g/mol. The second-order valence-electron chi connectivity index (χ2n) is 15.7. The Balaban J connectivity index is 0.00000401. The number of nitrogens with zero attached hydrogens (tertiary/aromatic N) is 4. The molecule has 6 aromatic rings. The van der Waals surface area contributed by atoms with Crippen LogP contribution in [-0.2, 0) is 31.9 Å². The van der Waals surface area contributed by atoms with Gasteiger partial charge in [0, 0.05) is 28.8 Å². The van der Waals surface area contributed by atoms with Crippen molar-refractivity contribution in [2.24, 2.45) is 0 Å². The molecule has 0 amide bonds. The Morgan fingerprint density at radius 3 is 2.12 bits per heavy atom. The minimum atomic E-state index is -0.152. The summed E-state index contributed by atoms with van der Waals surface area (Å²) in [6, 6.07) is 37.3. The van der Waals surface area contributed by atoms with Crippen LogP contribution in [0.4, 0.5) is 17.1 Å². The van der Waals surface area contributed by atoms with Crippen molar-refractivity contribution in [1.82, 2.24) is 9.55 Å². The third kappa shape index (κ3) is 6.03. The predicted molar refractivity (Wildman–Crippen MR) is 196 cm³/mol. The number of para-hydroxylation sites is 3. The molecule has 0 spiro atoms. The normalized spacial score (nSPS) is 13.6. The summed E-state index contributed by atoms with van der Waals surface area (Å²) in [6.07, 6.45) is 1.91. The van der Waals surface area contributed by atoms with Gasteiger partial charge in [-0.3, -0.25) is 0 Å². The van der Waals surface area contributed by atoms with Gasteiger partial charge in [-0.05, 0) is 67.5 Å². The number of hydrogen-bond donors (Lipinski definition) is 0. The number of anilines is 3. The van der Waals surface area contributed by atoms with Gasteiger partial charge in [-0.2, -0.15) is 12.1 Å². The zero-order valence-electron chi connectivity index (χ0n) is 29.4. The molecule has 48 heavy (non-hydrogen) atoms. The number of ether oxygens (including phenoxy) is 1. The summed E-state index contributed by atoms with van der Waals surface area (Å²) in [5.41, 5.74) is 7.55. The molecule has 5 nitrogen and oxygen atoms in total. The minimum absolute atomic E-state index is 0. The van der Waals surface area contributed by atoms with Gasteiger partial charge in [-0.1, -0.05) is 88.5 Å². The maximum absolute atomic E-state index is 6.81. The molecule has 1 aliphatic rings. The van der Waals surface area contributed by atoms with E-state index >= 15 is 0 Å². The van der Waals surface area contributed by atoms with Gasteiger partial charge in [-0.15, -0.1) is 35.2 Å². The number of pyridine rings is 1. The van der Waals surface area contributed by atoms with E-state index in [9.17, 15) is 0 Å². The molecule has 7 rings (SSSR count). The largest absolute Gasteiger partial charge is 2.00 e. The first-order valence-corrected chi connectivity index (χ1v) is 16.5. The van der Waals surface area contributed by atoms with Crippen molar-refractivity contribution in [3.05, 3.63) is 114 Å². The van der Waals surface area contributed by atoms with Crippen molar-refractivity contribution < 1.29 is 25.8 Å². The molecule has 0 atom stereocenters. The molecule has 6 heteroatoms. The second kappa shape index (κ2) is 12.1. The molecular weight excluding hydrogens is 772 g/mol. The first-order chi connectivity index (χ1) is 22.2. The van der Waals surface area contributed by atoms with E-state index in [0.29, 0.717) is 11.5 Å². The van der Waals surface area contributed by atoms with Gasteiger partial charge in [-0.25, -0.2) is 4.98 Å². The smallest absolute Gasteiger partial charge is 0.509 e. The van der Waals surface area contributed by atoms with Gasteiger partial charge in [0.15, 0.2) is 0 Å². The van der Waals surface area contributed by atoms with Gasteiger partial charge in [0.2, 0.25) is 0 Å². The summed E-state index contributed by atoms with van der Waals surface area (Å²) < 4.78 is 9.01. The maximum atomic E-state index is 6.81. The van der Waals surface area contributed by atoms with Crippen LogP contribution in [0.2, 0.25) is 0 Å². The van der Waals surface area contributed by atoms with E-state index in [4.69, 9.17) is 9.72 Å². The topological polar surface area (TPSA) is 33.5 Å². The fourth-order valence-corrected chi connectivity index (χ4v) is 6.57. The van der Waals surface area contributed by atoms with Crippen LogP contribution in [0.15, 0.2) is 91.1 Å². The van der Waals surface area contributed by atoms with Crippen molar-refractivity contribution in [2.45, 2.75) is 78.7 Å². The van der Waals surface area contributed by atoms with E-state index in [1.807, 2.05) is 12.3 Å². The molecule has 0 N–H and O–H groups in total. The molecule has 3 heterocycles. The Hall–Kier alpha value is -4.08. The van der Waals surface area contributed by atoms with Crippen molar-refractivity contribution >= 4 is 38.9 Å². The third-order valence-electron chi connectivity index (χ3n) is 9.16. The number of hydrogen-bond acceptors (Lipinski definition) is 4. The van der Waals surface area contributed by atoms with Crippen LogP contribution in [0.3, 0.4) is 0 Å². The van der Waals surface area contributed by atoms with Crippen LogP contribution < -0.4 is 14.5 Å². The van der Waals surface area contributed by atoms with Crippen LogP contribution in [-0.4, -0.2) is 21.8 Å². The molecule has 2 aromatic heterocycles. The first kappa shape index (κ1) is 33.8. The molecule has 0 unspecified atom stereocenters. The Bertz CT molecular complexity index is 2130. The average Bonchev–Trinajstić information content (AvgIpc) is 3.57. The molecule has 0 saturated carbocycles. The van der Waals surface area contributed by atoms with Gasteiger partial charge >= 0.3 is 21.1 Å². The molecule has 1 aliphatic heterocycles. The molecule has 248 valence electrons. The molecule has 4 aromatic carbocycles. The molecular formula is C42H44N4OPt. The summed E-state index contributed by atoms with van der Waals surface area (Å²) >= 11 is 0. The fourth-order valence-electron chi connectivity index (χ4n) is 6.57.